The van der Waals surface area contributed by atoms with Crippen molar-refractivity contribution in [1.29, 1.82) is 0 Å². The minimum atomic E-state index is -0.205. The average molecular weight is 435 g/mol. The molecular weight excluding hydrogens is 408 g/mol. The summed E-state index contributed by atoms with van der Waals surface area (Å²) in [6.07, 6.45) is 1.81. The number of hydrogen-bond acceptors (Lipinski definition) is 5. The molecule has 6 nitrogen and oxygen atoms in total. The van der Waals surface area contributed by atoms with Crippen LogP contribution in [0.25, 0.3) is 10.6 Å². The van der Waals surface area contributed by atoms with Crippen LogP contribution in [0.3, 0.4) is 0 Å². The van der Waals surface area contributed by atoms with Crippen LogP contribution >= 0.6 is 11.3 Å². The van der Waals surface area contributed by atoms with E-state index in [1.54, 1.807) is 11.3 Å². The minimum absolute atomic E-state index is 0.0213. The molecule has 7 heteroatoms. The van der Waals surface area contributed by atoms with Gasteiger partial charge in [-0.3, -0.25) is 9.59 Å². The van der Waals surface area contributed by atoms with E-state index in [9.17, 15) is 9.59 Å². The zero-order chi connectivity index (χ0) is 21.8. The molecule has 3 aromatic rings. The van der Waals surface area contributed by atoms with Gasteiger partial charge >= 0.3 is 0 Å². The molecule has 0 aliphatic carbocycles. The number of benzene rings is 2. The lowest BCUT2D eigenvalue weighted by Crippen LogP contribution is -2.38. The predicted octanol–water partition coefficient (Wildman–Crippen LogP) is 4.00. The average Bonchev–Trinajstić information content (AvgIpc) is 3.23. The number of aromatic nitrogens is 1. The summed E-state index contributed by atoms with van der Waals surface area (Å²) >= 11 is 1.55. The zero-order valence-electron chi connectivity index (χ0n) is 17.5. The van der Waals surface area contributed by atoms with Crippen LogP contribution in [0.5, 0.6) is 0 Å². The first-order valence-electron chi connectivity index (χ1n) is 10.4. The maximum absolute atomic E-state index is 12.5. The molecule has 3 N–H and O–H groups in total. The SMILES string of the molecule is Cc1ccc(-c2nc(CC(=O)Nc3ccc(N4CCC(C(N)=O)CC4)cc3)cs2)cc1. The van der Waals surface area contributed by atoms with Gasteiger partial charge in [-0.15, -0.1) is 11.3 Å². The standard InChI is InChI=1S/C24H26N4O2S/c1-16-2-4-18(5-3-16)24-27-20(15-31-24)14-22(29)26-19-6-8-21(9-7-19)28-12-10-17(11-13-28)23(25)30/h2-9,15,17H,10-14H2,1H3,(H2,25,30)(H,26,29). The summed E-state index contributed by atoms with van der Waals surface area (Å²) in [5.41, 5.74) is 10.3. The Morgan fingerprint density at radius 1 is 1.10 bits per heavy atom. The largest absolute Gasteiger partial charge is 0.371 e. The maximum Gasteiger partial charge on any atom is 0.230 e. The summed E-state index contributed by atoms with van der Waals surface area (Å²) < 4.78 is 0. The summed E-state index contributed by atoms with van der Waals surface area (Å²) in [5.74, 6) is -0.313. The van der Waals surface area contributed by atoms with Gasteiger partial charge in [-0.25, -0.2) is 4.98 Å². The molecule has 1 fully saturated rings. The molecule has 4 rings (SSSR count). The summed E-state index contributed by atoms with van der Waals surface area (Å²) in [7, 11) is 0. The van der Waals surface area contributed by atoms with Crippen LogP contribution in [0.15, 0.2) is 53.9 Å². The molecule has 160 valence electrons. The van der Waals surface area contributed by atoms with Gasteiger partial charge in [0.15, 0.2) is 0 Å². The Labute approximate surface area is 186 Å². The Hall–Kier alpha value is -3.19. The summed E-state index contributed by atoms with van der Waals surface area (Å²) in [6.45, 7) is 3.68. The molecule has 0 radical (unpaired) electrons. The number of nitrogens with two attached hydrogens (primary N) is 1. The molecule has 1 aromatic heterocycles. The molecule has 1 aliphatic rings. The molecule has 0 unspecified atom stereocenters. The highest BCUT2D eigenvalue weighted by Crippen LogP contribution is 2.26. The molecule has 0 spiro atoms. The Bertz CT molecular complexity index is 1050. The quantitative estimate of drug-likeness (QED) is 0.614. The van der Waals surface area contributed by atoms with Crippen molar-refractivity contribution in [2.24, 2.45) is 11.7 Å². The predicted molar refractivity (Wildman–Crippen MR) is 125 cm³/mol. The van der Waals surface area contributed by atoms with Gasteiger partial charge in [0.25, 0.3) is 0 Å². The van der Waals surface area contributed by atoms with E-state index in [2.05, 4.69) is 46.4 Å². The topological polar surface area (TPSA) is 88.3 Å². The fourth-order valence-electron chi connectivity index (χ4n) is 3.76. The Balaban J connectivity index is 1.31. The molecule has 1 saturated heterocycles. The monoisotopic (exact) mass is 434 g/mol. The van der Waals surface area contributed by atoms with E-state index in [0.29, 0.717) is 0 Å². The third-order valence-corrected chi connectivity index (χ3v) is 6.55. The van der Waals surface area contributed by atoms with Gasteiger partial charge in [0.05, 0.1) is 12.1 Å². The van der Waals surface area contributed by atoms with Crippen molar-refractivity contribution in [2.45, 2.75) is 26.2 Å². The Kier molecular flexibility index (Phi) is 6.32. The molecule has 31 heavy (non-hydrogen) atoms. The van der Waals surface area contributed by atoms with Crippen molar-refractivity contribution in [1.82, 2.24) is 4.98 Å². The van der Waals surface area contributed by atoms with Crippen LogP contribution in [0.4, 0.5) is 11.4 Å². The van der Waals surface area contributed by atoms with Gasteiger partial charge in [-0.05, 0) is 44.0 Å². The third kappa shape index (κ3) is 5.30. The summed E-state index contributed by atoms with van der Waals surface area (Å²) in [6, 6.07) is 16.0. The first-order valence-corrected chi connectivity index (χ1v) is 11.3. The van der Waals surface area contributed by atoms with Crippen LogP contribution < -0.4 is 16.0 Å². The number of nitrogens with zero attached hydrogens (tertiary/aromatic N) is 2. The van der Waals surface area contributed by atoms with Crippen molar-refractivity contribution < 1.29 is 9.59 Å². The molecule has 0 bridgehead atoms. The van der Waals surface area contributed by atoms with E-state index in [0.717, 1.165) is 53.6 Å². The summed E-state index contributed by atoms with van der Waals surface area (Å²) in [5, 5.41) is 5.81. The van der Waals surface area contributed by atoms with E-state index >= 15 is 0 Å². The van der Waals surface area contributed by atoms with E-state index in [4.69, 9.17) is 5.73 Å². The van der Waals surface area contributed by atoms with Gasteiger partial charge in [0.2, 0.25) is 11.8 Å². The van der Waals surface area contributed by atoms with E-state index in [1.165, 1.54) is 5.56 Å². The second kappa shape index (κ2) is 9.31. The lowest BCUT2D eigenvalue weighted by atomic mass is 9.96. The number of amides is 2. The molecule has 2 heterocycles. The number of piperidine rings is 1. The van der Waals surface area contributed by atoms with Crippen molar-refractivity contribution in [2.75, 3.05) is 23.3 Å². The van der Waals surface area contributed by atoms with Crippen molar-refractivity contribution in [3.8, 4) is 10.6 Å². The fourth-order valence-corrected chi connectivity index (χ4v) is 4.59. The third-order valence-electron chi connectivity index (χ3n) is 5.61. The molecule has 1 aliphatic heterocycles. The van der Waals surface area contributed by atoms with E-state index in [-0.39, 0.29) is 24.2 Å². The van der Waals surface area contributed by atoms with Gasteiger partial charge in [0, 0.05) is 41.3 Å². The number of nitrogens with one attached hydrogen (secondary N) is 1. The highest BCUT2D eigenvalue weighted by molar-refractivity contribution is 7.13. The number of carbonyl (C=O) groups excluding carboxylic acids is 2. The smallest absolute Gasteiger partial charge is 0.230 e. The fraction of sp³-hybridized carbons (Fsp3) is 0.292. The van der Waals surface area contributed by atoms with Crippen LogP contribution in [0.2, 0.25) is 0 Å². The number of carbonyl (C=O) groups is 2. The number of thiazole rings is 1. The summed E-state index contributed by atoms with van der Waals surface area (Å²) in [4.78, 5) is 30.6. The highest BCUT2D eigenvalue weighted by Gasteiger charge is 2.23. The normalized spacial score (nSPS) is 14.4. The number of rotatable bonds is 6. The van der Waals surface area contributed by atoms with Crippen LogP contribution in [-0.2, 0) is 16.0 Å². The van der Waals surface area contributed by atoms with Gasteiger partial charge < -0.3 is 16.0 Å². The highest BCUT2D eigenvalue weighted by atomic mass is 32.1. The van der Waals surface area contributed by atoms with Crippen molar-refractivity contribution in [3.05, 3.63) is 65.2 Å². The van der Waals surface area contributed by atoms with Crippen molar-refractivity contribution in [3.63, 3.8) is 0 Å². The van der Waals surface area contributed by atoms with Crippen molar-refractivity contribution >= 4 is 34.5 Å². The number of aryl methyl sites for hydroxylation is 1. The molecule has 0 atom stereocenters. The first kappa shape index (κ1) is 21.1. The zero-order valence-corrected chi connectivity index (χ0v) is 18.3. The second-order valence-electron chi connectivity index (χ2n) is 7.95. The molecule has 2 aromatic carbocycles. The molecule has 0 saturated carbocycles. The minimum Gasteiger partial charge on any atom is -0.371 e. The Morgan fingerprint density at radius 3 is 2.42 bits per heavy atom. The number of hydrogen-bond donors (Lipinski definition) is 2. The first-order chi connectivity index (χ1) is 15.0. The lowest BCUT2D eigenvalue weighted by Gasteiger charge is -2.32. The second-order valence-corrected chi connectivity index (χ2v) is 8.80. The van der Waals surface area contributed by atoms with Gasteiger partial charge in [-0.1, -0.05) is 29.8 Å². The lowest BCUT2D eigenvalue weighted by molar-refractivity contribution is -0.122. The van der Waals surface area contributed by atoms with Crippen LogP contribution in [-0.4, -0.2) is 29.9 Å². The number of primary amides is 1. The Morgan fingerprint density at radius 2 is 1.77 bits per heavy atom. The maximum atomic E-state index is 12.5. The van der Waals surface area contributed by atoms with Gasteiger partial charge in [0.1, 0.15) is 5.01 Å². The van der Waals surface area contributed by atoms with Crippen LogP contribution in [0, 0.1) is 12.8 Å². The number of anilines is 2. The van der Waals surface area contributed by atoms with E-state index in [1.807, 2.05) is 29.6 Å². The van der Waals surface area contributed by atoms with Crippen LogP contribution in [0.1, 0.15) is 24.1 Å². The molecular formula is C24H26N4O2S. The van der Waals surface area contributed by atoms with E-state index < -0.39 is 0 Å². The van der Waals surface area contributed by atoms with Gasteiger partial charge in [-0.2, -0.15) is 0 Å². The molecule has 2 amide bonds.